The maximum absolute atomic E-state index is 5.82. The molecule has 0 aromatic carbocycles. The lowest BCUT2D eigenvalue weighted by Gasteiger charge is -2.43. The predicted octanol–water partition coefficient (Wildman–Crippen LogP) is 2.98. The number of hydrogen-bond acceptors (Lipinski definition) is 2. The van der Waals surface area contributed by atoms with Gasteiger partial charge in [0, 0.05) is 6.04 Å². The van der Waals surface area contributed by atoms with Crippen LogP contribution in [-0.4, -0.2) is 6.04 Å². The molecule has 2 heteroatoms. The van der Waals surface area contributed by atoms with Crippen molar-refractivity contribution in [1.82, 2.24) is 5.43 Å². The zero-order chi connectivity index (χ0) is 10.7. The van der Waals surface area contributed by atoms with Gasteiger partial charge in [-0.05, 0) is 37.0 Å². The third-order valence-corrected chi connectivity index (χ3v) is 4.80. The van der Waals surface area contributed by atoms with E-state index in [0.29, 0.717) is 11.5 Å². The molecule has 2 rings (SSSR count). The lowest BCUT2D eigenvalue weighted by atomic mass is 9.67. The molecule has 2 fully saturated rings. The highest BCUT2D eigenvalue weighted by atomic mass is 15.2. The summed E-state index contributed by atoms with van der Waals surface area (Å²) in [6, 6.07) is 0.570. The highest BCUT2D eigenvalue weighted by Gasteiger charge is 2.39. The van der Waals surface area contributed by atoms with Crippen molar-refractivity contribution >= 4 is 0 Å². The third kappa shape index (κ3) is 2.36. The number of rotatable bonds is 3. The van der Waals surface area contributed by atoms with Crippen molar-refractivity contribution in [3.63, 3.8) is 0 Å². The van der Waals surface area contributed by atoms with E-state index in [2.05, 4.69) is 12.3 Å². The Morgan fingerprint density at radius 3 is 2.20 bits per heavy atom. The van der Waals surface area contributed by atoms with Gasteiger partial charge in [-0.2, -0.15) is 0 Å². The molecular formula is C13H26N2. The lowest BCUT2D eigenvalue weighted by molar-refractivity contribution is 0.104. The Bertz CT molecular complexity index is 191. The molecule has 0 bridgehead atoms. The second kappa shape index (κ2) is 4.84. The van der Waals surface area contributed by atoms with Gasteiger partial charge in [-0.15, -0.1) is 0 Å². The fourth-order valence-electron chi connectivity index (χ4n) is 3.87. The summed E-state index contributed by atoms with van der Waals surface area (Å²) in [6.45, 7) is 2.45. The molecule has 2 aliphatic carbocycles. The van der Waals surface area contributed by atoms with E-state index in [1.165, 1.54) is 57.8 Å². The molecule has 0 aromatic heterocycles. The molecule has 88 valence electrons. The highest BCUT2D eigenvalue weighted by Crippen LogP contribution is 2.44. The van der Waals surface area contributed by atoms with Crippen LogP contribution in [0.2, 0.25) is 0 Å². The van der Waals surface area contributed by atoms with E-state index in [1.54, 1.807) is 0 Å². The monoisotopic (exact) mass is 210 g/mol. The van der Waals surface area contributed by atoms with Gasteiger partial charge in [0.2, 0.25) is 0 Å². The van der Waals surface area contributed by atoms with Crippen molar-refractivity contribution in [1.29, 1.82) is 0 Å². The summed E-state index contributed by atoms with van der Waals surface area (Å²) in [4.78, 5) is 0. The minimum atomic E-state index is 0.474. The third-order valence-electron chi connectivity index (χ3n) is 4.80. The largest absolute Gasteiger partial charge is 0.271 e. The summed E-state index contributed by atoms with van der Waals surface area (Å²) in [5.41, 5.74) is 3.63. The minimum absolute atomic E-state index is 0.474. The van der Waals surface area contributed by atoms with Crippen LogP contribution in [0.4, 0.5) is 0 Å². The molecule has 3 N–H and O–H groups in total. The summed E-state index contributed by atoms with van der Waals surface area (Å²) in [6.07, 6.45) is 12.6. The van der Waals surface area contributed by atoms with Crippen LogP contribution in [-0.2, 0) is 0 Å². The molecule has 0 spiro atoms. The van der Waals surface area contributed by atoms with Crippen LogP contribution >= 0.6 is 0 Å². The summed E-state index contributed by atoms with van der Waals surface area (Å²) < 4.78 is 0. The Morgan fingerprint density at radius 2 is 1.67 bits per heavy atom. The van der Waals surface area contributed by atoms with Gasteiger partial charge in [-0.25, -0.2) is 0 Å². The molecule has 0 aliphatic heterocycles. The molecule has 0 radical (unpaired) electrons. The fourth-order valence-corrected chi connectivity index (χ4v) is 3.87. The van der Waals surface area contributed by atoms with Crippen LogP contribution in [0.5, 0.6) is 0 Å². The van der Waals surface area contributed by atoms with E-state index in [4.69, 9.17) is 5.84 Å². The Kier molecular flexibility index (Phi) is 3.68. The minimum Gasteiger partial charge on any atom is -0.271 e. The first-order valence-corrected chi connectivity index (χ1v) is 6.72. The molecule has 2 saturated carbocycles. The van der Waals surface area contributed by atoms with Crippen molar-refractivity contribution in [3.05, 3.63) is 0 Å². The zero-order valence-corrected chi connectivity index (χ0v) is 10.1. The molecule has 0 aromatic rings. The van der Waals surface area contributed by atoms with Gasteiger partial charge in [-0.1, -0.05) is 39.0 Å². The summed E-state index contributed by atoms with van der Waals surface area (Å²) >= 11 is 0. The molecule has 0 amide bonds. The summed E-state index contributed by atoms with van der Waals surface area (Å²) in [5.74, 6) is 6.66. The van der Waals surface area contributed by atoms with E-state index in [-0.39, 0.29) is 0 Å². The number of nitrogens with one attached hydrogen (secondary N) is 1. The average molecular weight is 210 g/mol. The second-order valence-corrected chi connectivity index (χ2v) is 5.90. The van der Waals surface area contributed by atoms with Gasteiger partial charge in [-0.3, -0.25) is 11.3 Å². The maximum atomic E-state index is 5.82. The predicted molar refractivity (Wildman–Crippen MR) is 64.3 cm³/mol. The SMILES string of the molecule is CC1(C(NN)C2CCCC2)CCCCC1. The van der Waals surface area contributed by atoms with Crippen LogP contribution in [0.1, 0.15) is 64.7 Å². The standard InChI is InChI=1S/C13H26N2/c1-13(9-5-2-6-10-13)12(15-14)11-7-3-4-8-11/h11-12,15H,2-10,14H2,1H3. The van der Waals surface area contributed by atoms with Gasteiger partial charge in [0.15, 0.2) is 0 Å². The van der Waals surface area contributed by atoms with Gasteiger partial charge in [0.05, 0.1) is 0 Å². The smallest absolute Gasteiger partial charge is 0.0292 e. The topological polar surface area (TPSA) is 38.0 Å². The number of hydrogen-bond donors (Lipinski definition) is 2. The number of nitrogens with two attached hydrogens (primary N) is 1. The second-order valence-electron chi connectivity index (χ2n) is 5.90. The molecule has 0 saturated heterocycles. The lowest BCUT2D eigenvalue weighted by Crippen LogP contribution is -2.51. The Labute approximate surface area is 94.0 Å². The maximum Gasteiger partial charge on any atom is 0.0292 e. The van der Waals surface area contributed by atoms with E-state index < -0.39 is 0 Å². The van der Waals surface area contributed by atoms with Crippen LogP contribution in [0.3, 0.4) is 0 Å². The van der Waals surface area contributed by atoms with Crippen LogP contribution in [0.15, 0.2) is 0 Å². The molecule has 2 nitrogen and oxygen atoms in total. The first-order chi connectivity index (χ1) is 7.26. The zero-order valence-electron chi connectivity index (χ0n) is 10.1. The average Bonchev–Trinajstić information content (AvgIpc) is 2.73. The molecule has 0 heterocycles. The van der Waals surface area contributed by atoms with Crippen molar-refractivity contribution in [2.75, 3.05) is 0 Å². The van der Waals surface area contributed by atoms with Crippen LogP contribution in [0.25, 0.3) is 0 Å². The van der Waals surface area contributed by atoms with Crippen molar-refractivity contribution < 1.29 is 0 Å². The van der Waals surface area contributed by atoms with E-state index in [1.807, 2.05) is 0 Å². The Morgan fingerprint density at radius 1 is 1.07 bits per heavy atom. The Hall–Kier alpha value is -0.0800. The van der Waals surface area contributed by atoms with Crippen LogP contribution in [0, 0.1) is 11.3 Å². The van der Waals surface area contributed by atoms with E-state index in [9.17, 15) is 0 Å². The highest BCUT2D eigenvalue weighted by molar-refractivity contribution is 4.94. The first kappa shape index (κ1) is 11.4. The van der Waals surface area contributed by atoms with Gasteiger partial charge < -0.3 is 0 Å². The van der Waals surface area contributed by atoms with Crippen molar-refractivity contribution in [2.45, 2.75) is 70.8 Å². The van der Waals surface area contributed by atoms with E-state index in [0.717, 1.165) is 5.92 Å². The molecular weight excluding hydrogens is 184 g/mol. The van der Waals surface area contributed by atoms with Crippen molar-refractivity contribution in [3.8, 4) is 0 Å². The van der Waals surface area contributed by atoms with Gasteiger partial charge in [0.25, 0.3) is 0 Å². The molecule has 1 atom stereocenters. The summed E-state index contributed by atoms with van der Waals surface area (Å²) in [7, 11) is 0. The molecule has 2 aliphatic rings. The molecule has 15 heavy (non-hydrogen) atoms. The normalized spacial score (nSPS) is 29.2. The quantitative estimate of drug-likeness (QED) is 0.555. The Balaban J connectivity index is 2.02. The fraction of sp³-hybridized carbons (Fsp3) is 1.00. The van der Waals surface area contributed by atoms with E-state index >= 15 is 0 Å². The van der Waals surface area contributed by atoms with Crippen molar-refractivity contribution in [2.24, 2.45) is 17.2 Å². The number of hydrazine groups is 1. The molecule has 1 unspecified atom stereocenters. The van der Waals surface area contributed by atoms with Crippen LogP contribution < -0.4 is 11.3 Å². The van der Waals surface area contributed by atoms with Gasteiger partial charge >= 0.3 is 0 Å². The summed E-state index contributed by atoms with van der Waals surface area (Å²) in [5, 5.41) is 0. The first-order valence-electron chi connectivity index (χ1n) is 6.72. The van der Waals surface area contributed by atoms with Gasteiger partial charge in [0.1, 0.15) is 0 Å².